The van der Waals surface area contributed by atoms with E-state index in [1.807, 2.05) is 36.4 Å². The summed E-state index contributed by atoms with van der Waals surface area (Å²) in [4.78, 5) is 11.5. The number of anilines is 1. The van der Waals surface area contributed by atoms with E-state index in [-0.39, 0.29) is 12.5 Å². The predicted octanol–water partition coefficient (Wildman–Crippen LogP) is 2.51. The van der Waals surface area contributed by atoms with E-state index in [1.54, 1.807) is 24.5 Å². The van der Waals surface area contributed by atoms with Gasteiger partial charge in [-0.2, -0.15) is 5.10 Å². The number of amides is 1. The zero-order chi connectivity index (χ0) is 14.0. The predicted molar refractivity (Wildman–Crippen MR) is 79.3 cm³/mol. The minimum Gasteiger partial charge on any atom is -0.465 e. The molecule has 2 aromatic rings. The maximum atomic E-state index is 11.5. The SMILES string of the molecule is O=C(CNc1ccccc1)NN=CC=Cc1ccco1. The van der Waals surface area contributed by atoms with Crippen LogP contribution in [0.25, 0.3) is 6.08 Å². The normalized spacial score (nSPS) is 11.0. The second kappa shape index (κ2) is 7.58. The molecule has 1 aromatic carbocycles. The highest BCUT2D eigenvalue weighted by atomic mass is 16.3. The fourth-order valence-electron chi connectivity index (χ4n) is 1.45. The van der Waals surface area contributed by atoms with E-state index in [0.717, 1.165) is 11.4 Å². The van der Waals surface area contributed by atoms with Crippen LogP contribution >= 0.6 is 0 Å². The van der Waals surface area contributed by atoms with Gasteiger partial charge in [0.25, 0.3) is 5.91 Å². The van der Waals surface area contributed by atoms with Crippen LogP contribution in [0.1, 0.15) is 5.76 Å². The van der Waals surface area contributed by atoms with Crippen molar-refractivity contribution in [2.24, 2.45) is 5.10 Å². The number of nitrogens with zero attached hydrogens (tertiary/aromatic N) is 1. The first-order chi connectivity index (χ1) is 9.84. The number of furan rings is 1. The van der Waals surface area contributed by atoms with Crippen LogP contribution < -0.4 is 10.7 Å². The molecule has 1 aromatic heterocycles. The van der Waals surface area contributed by atoms with Gasteiger partial charge in [-0.1, -0.05) is 18.2 Å². The first-order valence-electron chi connectivity index (χ1n) is 6.15. The number of hydrazone groups is 1. The highest BCUT2D eigenvalue weighted by Gasteiger charge is 1.97. The monoisotopic (exact) mass is 269 g/mol. The Balaban J connectivity index is 1.67. The molecule has 5 heteroatoms. The van der Waals surface area contributed by atoms with E-state index in [2.05, 4.69) is 15.8 Å². The van der Waals surface area contributed by atoms with Crippen molar-refractivity contribution < 1.29 is 9.21 Å². The average Bonchev–Trinajstić information content (AvgIpc) is 2.99. The van der Waals surface area contributed by atoms with Gasteiger partial charge < -0.3 is 9.73 Å². The number of hydrogen-bond donors (Lipinski definition) is 2. The summed E-state index contributed by atoms with van der Waals surface area (Å²) in [6.45, 7) is 0.170. The maximum absolute atomic E-state index is 11.5. The quantitative estimate of drug-likeness (QED) is 0.625. The Morgan fingerprint density at radius 1 is 1.20 bits per heavy atom. The Labute approximate surface area is 117 Å². The lowest BCUT2D eigenvalue weighted by Gasteiger charge is -2.03. The number of para-hydroxylation sites is 1. The lowest BCUT2D eigenvalue weighted by molar-refractivity contribution is -0.119. The molecule has 0 saturated carbocycles. The lowest BCUT2D eigenvalue weighted by Crippen LogP contribution is -2.25. The summed E-state index contributed by atoms with van der Waals surface area (Å²) >= 11 is 0. The molecule has 1 heterocycles. The number of benzene rings is 1. The second-order valence-corrected chi connectivity index (χ2v) is 3.91. The van der Waals surface area contributed by atoms with E-state index in [1.165, 1.54) is 6.21 Å². The molecule has 102 valence electrons. The van der Waals surface area contributed by atoms with Gasteiger partial charge in [-0.05, 0) is 36.4 Å². The zero-order valence-electron chi connectivity index (χ0n) is 10.8. The van der Waals surface area contributed by atoms with Gasteiger partial charge in [0.15, 0.2) is 0 Å². The van der Waals surface area contributed by atoms with Crippen LogP contribution in [0.3, 0.4) is 0 Å². The summed E-state index contributed by atoms with van der Waals surface area (Å²) in [7, 11) is 0. The molecule has 0 aliphatic heterocycles. The van der Waals surface area contributed by atoms with Crippen LogP contribution in [0.2, 0.25) is 0 Å². The first-order valence-corrected chi connectivity index (χ1v) is 6.15. The summed E-state index contributed by atoms with van der Waals surface area (Å²) in [6, 6.07) is 13.1. The van der Waals surface area contributed by atoms with Gasteiger partial charge in [0, 0.05) is 11.9 Å². The van der Waals surface area contributed by atoms with E-state index < -0.39 is 0 Å². The second-order valence-electron chi connectivity index (χ2n) is 3.91. The molecular weight excluding hydrogens is 254 g/mol. The Hall–Kier alpha value is -2.82. The fourth-order valence-corrected chi connectivity index (χ4v) is 1.45. The van der Waals surface area contributed by atoms with Crippen molar-refractivity contribution in [1.82, 2.24) is 5.43 Å². The van der Waals surface area contributed by atoms with Gasteiger partial charge in [0.05, 0.1) is 12.8 Å². The van der Waals surface area contributed by atoms with Crippen molar-refractivity contribution in [3.63, 3.8) is 0 Å². The summed E-state index contributed by atoms with van der Waals surface area (Å²) in [5, 5.41) is 6.78. The third-order valence-corrected chi connectivity index (χ3v) is 2.38. The molecule has 0 unspecified atom stereocenters. The number of carbonyl (C=O) groups is 1. The van der Waals surface area contributed by atoms with Crippen LogP contribution in [-0.2, 0) is 4.79 Å². The topological polar surface area (TPSA) is 66.6 Å². The number of hydrogen-bond acceptors (Lipinski definition) is 4. The van der Waals surface area contributed by atoms with E-state index in [4.69, 9.17) is 4.42 Å². The van der Waals surface area contributed by atoms with Gasteiger partial charge in [-0.15, -0.1) is 0 Å². The largest absolute Gasteiger partial charge is 0.465 e. The molecule has 0 radical (unpaired) electrons. The standard InChI is InChI=1S/C15H15N3O2/c19-15(12-16-13-6-2-1-3-7-13)18-17-10-4-8-14-9-5-11-20-14/h1-11,16H,12H2,(H,18,19). The highest BCUT2D eigenvalue weighted by Crippen LogP contribution is 2.03. The third-order valence-electron chi connectivity index (χ3n) is 2.38. The van der Waals surface area contributed by atoms with Crippen molar-refractivity contribution >= 4 is 23.9 Å². The van der Waals surface area contributed by atoms with Crippen molar-refractivity contribution in [2.75, 3.05) is 11.9 Å². The smallest absolute Gasteiger partial charge is 0.259 e. The molecule has 20 heavy (non-hydrogen) atoms. The summed E-state index contributed by atoms with van der Waals surface area (Å²) < 4.78 is 5.10. The molecule has 0 bridgehead atoms. The summed E-state index contributed by atoms with van der Waals surface area (Å²) in [6.07, 6.45) is 6.51. The third kappa shape index (κ3) is 4.81. The van der Waals surface area contributed by atoms with Gasteiger partial charge in [0.2, 0.25) is 0 Å². The van der Waals surface area contributed by atoms with Crippen LogP contribution in [0.15, 0.2) is 64.3 Å². The molecule has 5 nitrogen and oxygen atoms in total. The van der Waals surface area contributed by atoms with Crippen LogP contribution in [-0.4, -0.2) is 18.7 Å². The zero-order valence-corrected chi connectivity index (χ0v) is 10.8. The Morgan fingerprint density at radius 3 is 2.80 bits per heavy atom. The van der Waals surface area contributed by atoms with Gasteiger partial charge in [-0.25, -0.2) is 5.43 Å². The molecule has 0 fully saturated rings. The molecule has 1 amide bonds. The van der Waals surface area contributed by atoms with E-state index in [0.29, 0.717) is 0 Å². The van der Waals surface area contributed by atoms with Gasteiger partial charge in [0.1, 0.15) is 5.76 Å². The Bertz CT molecular complexity index is 574. The van der Waals surface area contributed by atoms with Crippen LogP contribution in [0.5, 0.6) is 0 Å². The number of carbonyl (C=O) groups excluding carboxylic acids is 1. The van der Waals surface area contributed by atoms with Crippen LogP contribution in [0, 0.1) is 0 Å². The van der Waals surface area contributed by atoms with E-state index in [9.17, 15) is 4.79 Å². The minimum atomic E-state index is -0.212. The summed E-state index contributed by atoms with van der Waals surface area (Å²) in [5.41, 5.74) is 3.31. The average molecular weight is 269 g/mol. The van der Waals surface area contributed by atoms with Crippen molar-refractivity contribution in [3.05, 3.63) is 60.6 Å². The molecule has 0 atom stereocenters. The van der Waals surface area contributed by atoms with Crippen molar-refractivity contribution in [1.29, 1.82) is 0 Å². The maximum Gasteiger partial charge on any atom is 0.259 e. The van der Waals surface area contributed by atoms with Crippen molar-refractivity contribution in [2.45, 2.75) is 0 Å². The highest BCUT2D eigenvalue weighted by molar-refractivity contribution is 5.83. The number of rotatable bonds is 6. The molecule has 2 rings (SSSR count). The van der Waals surface area contributed by atoms with Crippen LogP contribution in [0.4, 0.5) is 5.69 Å². The summed E-state index contributed by atoms with van der Waals surface area (Å²) in [5.74, 6) is 0.519. The number of allylic oxidation sites excluding steroid dienone is 1. The van der Waals surface area contributed by atoms with Gasteiger partial charge in [-0.3, -0.25) is 4.79 Å². The number of nitrogens with one attached hydrogen (secondary N) is 2. The fraction of sp³-hybridized carbons (Fsp3) is 0.0667. The first kappa shape index (κ1) is 13.6. The molecule has 0 aliphatic carbocycles. The minimum absolute atomic E-state index is 0.170. The molecule has 0 saturated heterocycles. The molecular formula is C15H15N3O2. The Morgan fingerprint density at radius 2 is 2.05 bits per heavy atom. The van der Waals surface area contributed by atoms with Crippen molar-refractivity contribution in [3.8, 4) is 0 Å². The Kier molecular flexibility index (Phi) is 5.16. The lowest BCUT2D eigenvalue weighted by atomic mass is 10.3. The molecule has 2 N–H and O–H groups in total. The molecule has 0 aliphatic rings. The molecule has 0 spiro atoms. The van der Waals surface area contributed by atoms with E-state index >= 15 is 0 Å². The van der Waals surface area contributed by atoms with Gasteiger partial charge >= 0.3 is 0 Å².